The predicted octanol–water partition coefficient (Wildman–Crippen LogP) is 2.41. The van der Waals surface area contributed by atoms with E-state index in [1.165, 1.54) is 0 Å². The molecular formula is C12H14N2O. The summed E-state index contributed by atoms with van der Waals surface area (Å²) in [5, 5.41) is 4.40. The number of fused-ring (bicyclic) bond motifs is 1. The number of Topliss-reactive ketones (excluding diaryl/α,β-unsaturated/α-hetero) is 1. The number of hydrogen-bond acceptors (Lipinski definition) is 2. The van der Waals surface area contributed by atoms with Gasteiger partial charge in [-0.1, -0.05) is 13.0 Å². The van der Waals surface area contributed by atoms with Crippen molar-refractivity contribution in [1.29, 1.82) is 0 Å². The van der Waals surface area contributed by atoms with Gasteiger partial charge in [0.2, 0.25) is 0 Å². The summed E-state index contributed by atoms with van der Waals surface area (Å²) in [6.07, 6.45) is 0.913. The van der Waals surface area contributed by atoms with Gasteiger partial charge in [-0.2, -0.15) is 5.10 Å². The molecule has 2 rings (SSSR count). The highest BCUT2D eigenvalue weighted by atomic mass is 16.1. The van der Waals surface area contributed by atoms with Crippen LogP contribution in [0.25, 0.3) is 5.52 Å². The van der Waals surface area contributed by atoms with Crippen LogP contribution in [0.1, 0.15) is 35.6 Å². The lowest BCUT2D eigenvalue weighted by atomic mass is 10.1. The summed E-state index contributed by atoms with van der Waals surface area (Å²) in [6.45, 7) is 5.55. The van der Waals surface area contributed by atoms with Crippen molar-refractivity contribution in [1.82, 2.24) is 9.61 Å². The fourth-order valence-corrected chi connectivity index (χ4v) is 1.94. The quantitative estimate of drug-likeness (QED) is 0.701. The molecule has 0 atom stereocenters. The van der Waals surface area contributed by atoms with Crippen molar-refractivity contribution >= 4 is 11.3 Å². The molecule has 0 aliphatic carbocycles. The van der Waals surface area contributed by atoms with Crippen molar-refractivity contribution in [3.05, 3.63) is 35.2 Å². The van der Waals surface area contributed by atoms with Crippen LogP contribution < -0.4 is 0 Å². The van der Waals surface area contributed by atoms with E-state index in [4.69, 9.17) is 0 Å². The predicted molar refractivity (Wildman–Crippen MR) is 59.3 cm³/mol. The molecule has 15 heavy (non-hydrogen) atoms. The molecule has 0 saturated heterocycles. The van der Waals surface area contributed by atoms with Gasteiger partial charge in [0.05, 0.1) is 16.8 Å². The molecule has 2 aromatic rings. The van der Waals surface area contributed by atoms with Gasteiger partial charge in [-0.05, 0) is 32.4 Å². The molecule has 0 aliphatic rings. The third-order valence-corrected chi connectivity index (χ3v) is 2.63. The first kappa shape index (κ1) is 9.90. The highest BCUT2D eigenvalue weighted by Gasteiger charge is 2.13. The average Bonchev–Trinajstić information content (AvgIpc) is 2.53. The molecule has 0 aromatic carbocycles. The zero-order valence-corrected chi connectivity index (χ0v) is 9.24. The number of rotatable bonds is 2. The summed E-state index contributed by atoms with van der Waals surface area (Å²) < 4.78 is 1.87. The van der Waals surface area contributed by atoms with Gasteiger partial charge in [0, 0.05) is 5.69 Å². The fourth-order valence-electron chi connectivity index (χ4n) is 1.94. The van der Waals surface area contributed by atoms with Gasteiger partial charge in [-0.15, -0.1) is 0 Å². The Morgan fingerprint density at radius 2 is 2.20 bits per heavy atom. The third kappa shape index (κ3) is 1.44. The second-order valence-electron chi connectivity index (χ2n) is 3.68. The lowest BCUT2D eigenvalue weighted by Gasteiger charge is -2.00. The normalized spacial score (nSPS) is 10.9. The van der Waals surface area contributed by atoms with Crippen molar-refractivity contribution in [2.75, 3.05) is 0 Å². The Bertz CT molecular complexity index is 526. The zero-order valence-electron chi connectivity index (χ0n) is 9.24. The number of carbonyl (C=O) groups excluding carboxylic acids is 1. The highest BCUT2D eigenvalue weighted by molar-refractivity contribution is 6.01. The molecule has 78 valence electrons. The maximum absolute atomic E-state index is 11.5. The first-order valence-electron chi connectivity index (χ1n) is 5.13. The monoisotopic (exact) mass is 202 g/mol. The van der Waals surface area contributed by atoms with Gasteiger partial charge in [0.25, 0.3) is 0 Å². The van der Waals surface area contributed by atoms with Gasteiger partial charge in [0.1, 0.15) is 0 Å². The van der Waals surface area contributed by atoms with Crippen molar-refractivity contribution < 1.29 is 4.79 Å². The van der Waals surface area contributed by atoms with Crippen LogP contribution in [0.5, 0.6) is 0 Å². The minimum atomic E-state index is 0.0794. The van der Waals surface area contributed by atoms with E-state index in [9.17, 15) is 4.79 Å². The van der Waals surface area contributed by atoms with E-state index in [2.05, 4.69) is 12.0 Å². The van der Waals surface area contributed by atoms with E-state index < -0.39 is 0 Å². The molecule has 3 heteroatoms. The molecule has 0 unspecified atom stereocenters. The number of pyridine rings is 1. The average molecular weight is 202 g/mol. The molecule has 2 heterocycles. The Kier molecular flexibility index (Phi) is 2.31. The Morgan fingerprint density at radius 3 is 2.80 bits per heavy atom. The van der Waals surface area contributed by atoms with Crippen LogP contribution in [0.4, 0.5) is 0 Å². The maximum Gasteiger partial charge on any atom is 0.163 e. The van der Waals surface area contributed by atoms with Crippen molar-refractivity contribution in [3.63, 3.8) is 0 Å². The van der Waals surface area contributed by atoms with Crippen LogP contribution >= 0.6 is 0 Å². The molecule has 3 nitrogen and oxygen atoms in total. The molecule has 0 amide bonds. The van der Waals surface area contributed by atoms with Gasteiger partial charge < -0.3 is 0 Å². The summed E-state index contributed by atoms with van der Waals surface area (Å²) in [5.41, 5.74) is 3.59. The second kappa shape index (κ2) is 3.50. The summed E-state index contributed by atoms with van der Waals surface area (Å²) >= 11 is 0. The maximum atomic E-state index is 11.5. The molecule has 0 fully saturated rings. The second-order valence-corrected chi connectivity index (χ2v) is 3.68. The van der Waals surface area contributed by atoms with E-state index in [-0.39, 0.29) is 5.78 Å². The van der Waals surface area contributed by atoms with Gasteiger partial charge >= 0.3 is 0 Å². The fraction of sp³-hybridized carbons (Fsp3) is 0.333. The molecule has 2 aromatic heterocycles. The highest BCUT2D eigenvalue weighted by Crippen LogP contribution is 2.17. The van der Waals surface area contributed by atoms with E-state index in [1.807, 2.05) is 29.6 Å². The molecule has 0 saturated carbocycles. The number of hydrogen-bond donors (Lipinski definition) is 0. The Balaban J connectivity index is 2.84. The van der Waals surface area contributed by atoms with Crippen LogP contribution in [0.15, 0.2) is 18.2 Å². The molecule has 0 N–H and O–H groups in total. The van der Waals surface area contributed by atoms with Crippen LogP contribution in [0, 0.1) is 6.92 Å². The number of nitrogens with zero attached hydrogens (tertiary/aromatic N) is 2. The SMILES string of the molecule is CCc1cccc2c(C(C)=O)c(C)nn12. The first-order valence-corrected chi connectivity index (χ1v) is 5.13. The summed E-state index contributed by atoms with van der Waals surface area (Å²) in [6, 6.07) is 5.95. The van der Waals surface area contributed by atoms with Crippen LogP contribution in [-0.2, 0) is 6.42 Å². The van der Waals surface area contributed by atoms with Gasteiger partial charge in [-0.3, -0.25) is 4.79 Å². The minimum absolute atomic E-state index is 0.0794. The Hall–Kier alpha value is -1.64. The summed E-state index contributed by atoms with van der Waals surface area (Å²) in [7, 11) is 0. The molecular weight excluding hydrogens is 188 g/mol. The van der Waals surface area contributed by atoms with E-state index in [0.717, 1.165) is 28.9 Å². The minimum Gasteiger partial charge on any atom is -0.294 e. The smallest absolute Gasteiger partial charge is 0.163 e. The van der Waals surface area contributed by atoms with E-state index in [0.29, 0.717) is 0 Å². The summed E-state index contributed by atoms with van der Waals surface area (Å²) in [5.74, 6) is 0.0794. The van der Waals surface area contributed by atoms with Crippen LogP contribution in [0.3, 0.4) is 0 Å². The van der Waals surface area contributed by atoms with Crippen molar-refractivity contribution in [2.24, 2.45) is 0 Å². The number of carbonyl (C=O) groups is 1. The topological polar surface area (TPSA) is 34.4 Å². The zero-order chi connectivity index (χ0) is 11.0. The number of ketones is 1. The Morgan fingerprint density at radius 1 is 1.47 bits per heavy atom. The number of aromatic nitrogens is 2. The number of aryl methyl sites for hydroxylation is 2. The first-order chi connectivity index (χ1) is 7.15. The standard InChI is InChI=1S/C12H14N2O/c1-4-10-6-5-7-11-12(9(3)15)8(2)13-14(10)11/h5-7H,4H2,1-3H3. The van der Waals surface area contributed by atoms with Crippen molar-refractivity contribution in [2.45, 2.75) is 27.2 Å². The van der Waals surface area contributed by atoms with Crippen molar-refractivity contribution in [3.8, 4) is 0 Å². The summed E-state index contributed by atoms with van der Waals surface area (Å²) in [4.78, 5) is 11.5. The van der Waals surface area contributed by atoms with Gasteiger partial charge in [0.15, 0.2) is 5.78 Å². The lowest BCUT2D eigenvalue weighted by Crippen LogP contribution is -1.97. The van der Waals surface area contributed by atoms with Gasteiger partial charge in [-0.25, -0.2) is 4.52 Å². The largest absolute Gasteiger partial charge is 0.294 e. The van der Waals surface area contributed by atoms with E-state index in [1.54, 1.807) is 6.92 Å². The molecule has 0 bridgehead atoms. The Labute approximate surface area is 88.7 Å². The third-order valence-electron chi connectivity index (χ3n) is 2.63. The molecule has 0 radical (unpaired) electrons. The molecule has 0 spiro atoms. The van der Waals surface area contributed by atoms with Crippen LogP contribution in [-0.4, -0.2) is 15.4 Å². The van der Waals surface area contributed by atoms with E-state index >= 15 is 0 Å². The lowest BCUT2D eigenvalue weighted by molar-refractivity contribution is 0.101. The molecule has 0 aliphatic heterocycles. The van der Waals surface area contributed by atoms with Crippen LogP contribution in [0.2, 0.25) is 0 Å².